The summed E-state index contributed by atoms with van der Waals surface area (Å²) in [6.45, 7) is 7.04. The van der Waals surface area contributed by atoms with Crippen molar-refractivity contribution in [2.24, 2.45) is 11.7 Å². The van der Waals surface area contributed by atoms with Gasteiger partial charge in [0, 0.05) is 26.3 Å². The summed E-state index contributed by atoms with van der Waals surface area (Å²) in [5.74, 6) is 0.254. The summed E-state index contributed by atoms with van der Waals surface area (Å²) in [6, 6.07) is -0.419. The predicted molar refractivity (Wildman–Crippen MR) is 82.0 cm³/mol. The Morgan fingerprint density at radius 3 is 2.10 bits per heavy atom. The van der Waals surface area contributed by atoms with E-state index in [1.807, 2.05) is 11.8 Å². The Hall–Kier alpha value is -0.650. The third-order valence-electron chi connectivity index (χ3n) is 4.75. The zero-order chi connectivity index (χ0) is 15.2. The lowest BCUT2D eigenvalue weighted by molar-refractivity contribution is -0.137. The topological polar surface area (TPSA) is 64.8 Å². The van der Waals surface area contributed by atoms with E-state index in [4.69, 9.17) is 15.2 Å². The number of nitrogens with zero attached hydrogens (tertiary/aromatic N) is 1. The molecule has 2 fully saturated rings. The fourth-order valence-electron chi connectivity index (χ4n) is 3.03. The highest BCUT2D eigenvalue weighted by molar-refractivity contribution is 5.82. The van der Waals surface area contributed by atoms with E-state index in [1.54, 1.807) is 0 Å². The molecule has 2 aliphatic rings. The Morgan fingerprint density at radius 1 is 1.19 bits per heavy atom. The molecule has 0 saturated carbocycles. The van der Waals surface area contributed by atoms with E-state index in [1.165, 1.54) is 0 Å². The fourth-order valence-corrected chi connectivity index (χ4v) is 3.03. The molecule has 2 N–H and O–H groups in total. The fraction of sp³-hybridized carbons (Fsp3) is 0.938. The van der Waals surface area contributed by atoms with Gasteiger partial charge < -0.3 is 20.1 Å². The summed E-state index contributed by atoms with van der Waals surface area (Å²) in [5, 5.41) is 0. The van der Waals surface area contributed by atoms with E-state index in [0.717, 1.165) is 45.3 Å². The van der Waals surface area contributed by atoms with Crippen molar-refractivity contribution < 1.29 is 14.3 Å². The van der Waals surface area contributed by atoms with Crippen LogP contribution in [-0.2, 0) is 14.3 Å². The van der Waals surface area contributed by atoms with Crippen molar-refractivity contribution in [2.45, 2.75) is 64.2 Å². The van der Waals surface area contributed by atoms with Crippen LogP contribution in [0.25, 0.3) is 0 Å². The van der Waals surface area contributed by atoms with E-state index in [-0.39, 0.29) is 24.0 Å². The van der Waals surface area contributed by atoms with E-state index < -0.39 is 6.04 Å². The highest BCUT2D eigenvalue weighted by atomic mass is 16.5. The normalized spacial score (nSPS) is 28.5. The first kappa shape index (κ1) is 16.7. The van der Waals surface area contributed by atoms with Crippen LogP contribution in [0.2, 0.25) is 0 Å². The molecular formula is C16H30N2O3. The number of hydrogen-bond donors (Lipinski definition) is 1. The van der Waals surface area contributed by atoms with Crippen LogP contribution < -0.4 is 5.73 Å². The lowest BCUT2D eigenvalue weighted by Crippen LogP contribution is -2.51. The average Bonchev–Trinajstić information content (AvgIpc) is 3.17. The highest BCUT2D eigenvalue weighted by Gasteiger charge is 2.31. The molecule has 0 bridgehead atoms. The van der Waals surface area contributed by atoms with Gasteiger partial charge in [-0.2, -0.15) is 0 Å². The van der Waals surface area contributed by atoms with Crippen LogP contribution in [-0.4, -0.2) is 55.4 Å². The van der Waals surface area contributed by atoms with Crippen LogP contribution in [0.15, 0.2) is 0 Å². The Labute approximate surface area is 128 Å². The average molecular weight is 298 g/mol. The maximum absolute atomic E-state index is 12.7. The van der Waals surface area contributed by atoms with Gasteiger partial charge in [0.25, 0.3) is 0 Å². The lowest BCUT2D eigenvalue weighted by Gasteiger charge is -2.31. The second kappa shape index (κ2) is 8.11. The summed E-state index contributed by atoms with van der Waals surface area (Å²) < 4.78 is 11.4. The van der Waals surface area contributed by atoms with Gasteiger partial charge in [0.1, 0.15) is 0 Å². The van der Waals surface area contributed by atoms with Crippen LogP contribution in [0.4, 0.5) is 0 Å². The molecule has 0 spiro atoms. The van der Waals surface area contributed by atoms with Gasteiger partial charge in [-0.15, -0.1) is 0 Å². The molecule has 1 amide bonds. The van der Waals surface area contributed by atoms with Crippen molar-refractivity contribution in [3.05, 3.63) is 0 Å². The van der Waals surface area contributed by atoms with Gasteiger partial charge in [0.05, 0.1) is 18.2 Å². The van der Waals surface area contributed by atoms with Crippen LogP contribution in [0.3, 0.4) is 0 Å². The zero-order valence-electron chi connectivity index (χ0n) is 13.4. The number of ether oxygens (including phenoxy) is 2. The van der Waals surface area contributed by atoms with Crippen molar-refractivity contribution >= 4 is 5.91 Å². The highest BCUT2D eigenvalue weighted by Crippen LogP contribution is 2.19. The maximum atomic E-state index is 12.7. The number of rotatable bonds is 7. The molecular weight excluding hydrogens is 268 g/mol. The first-order chi connectivity index (χ1) is 10.1. The SMILES string of the molecule is CCC(C)[C@H](N)C(=O)N(CC1CCCO1)CC1CCCO1. The number of amides is 1. The molecule has 0 aromatic rings. The number of hydrogen-bond acceptors (Lipinski definition) is 4. The molecule has 0 aromatic carbocycles. The smallest absolute Gasteiger partial charge is 0.239 e. The Bertz CT molecular complexity index is 307. The van der Waals surface area contributed by atoms with E-state index in [2.05, 4.69) is 6.92 Å². The van der Waals surface area contributed by atoms with Gasteiger partial charge in [-0.3, -0.25) is 4.79 Å². The van der Waals surface area contributed by atoms with E-state index >= 15 is 0 Å². The molecule has 122 valence electrons. The molecule has 2 saturated heterocycles. The molecule has 0 aliphatic carbocycles. The number of carbonyl (C=O) groups is 1. The molecule has 21 heavy (non-hydrogen) atoms. The van der Waals surface area contributed by atoms with Crippen molar-refractivity contribution in [3.63, 3.8) is 0 Å². The summed E-state index contributed by atoms with van der Waals surface area (Å²) in [6.07, 6.45) is 5.50. The molecule has 2 rings (SSSR count). The molecule has 4 atom stereocenters. The van der Waals surface area contributed by atoms with Gasteiger partial charge in [0.2, 0.25) is 5.91 Å². The van der Waals surface area contributed by atoms with Crippen LogP contribution in [0.1, 0.15) is 46.0 Å². The minimum absolute atomic E-state index is 0.0513. The standard InChI is InChI=1S/C16H30N2O3/c1-3-12(2)15(17)16(19)18(10-13-6-4-8-20-13)11-14-7-5-9-21-14/h12-15H,3-11,17H2,1-2H3/t12?,13?,14?,15-/m0/s1. The summed E-state index contributed by atoms with van der Waals surface area (Å²) in [7, 11) is 0. The van der Waals surface area contributed by atoms with Gasteiger partial charge in [0.15, 0.2) is 0 Å². The second-order valence-corrected chi connectivity index (χ2v) is 6.42. The zero-order valence-corrected chi connectivity index (χ0v) is 13.4. The first-order valence-electron chi connectivity index (χ1n) is 8.39. The third kappa shape index (κ3) is 4.66. The summed E-state index contributed by atoms with van der Waals surface area (Å²) >= 11 is 0. The molecule has 5 heteroatoms. The Kier molecular flexibility index (Phi) is 6.45. The number of carbonyl (C=O) groups excluding carboxylic acids is 1. The molecule has 0 aromatic heterocycles. The molecule has 5 nitrogen and oxygen atoms in total. The van der Waals surface area contributed by atoms with Crippen molar-refractivity contribution in [2.75, 3.05) is 26.3 Å². The third-order valence-corrected chi connectivity index (χ3v) is 4.75. The van der Waals surface area contributed by atoms with Crippen molar-refractivity contribution in [1.29, 1.82) is 0 Å². The quantitative estimate of drug-likeness (QED) is 0.774. The summed E-state index contributed by atoms with van der Waals surface area (Å²) in [5.41, 5.74) is 6.15. The van der Waals surface area contributed by atoms with Gasteiger partial charge in [-0.25, -0.2) is 0 Å². The molecule has 0 radical (unpaired) electrons. The second-order valence-electron chi connectivity index (χ2n) is 6.42. The van der Waals surface area contributed by atoms with E-state index in [0.29, 0.717) is 13.1 Å². The van der Waals surface area contributed by atoms with E-state index in [9.17, 15) is 4.79 Å². The lowest BCUT2D eigenvalue weighted by atomic mass is 9.98. The van der Waals surface area contributed by atoms with Crippen molar-refractivity contribution in [3.8, 4) is 0 Å². The Morgan fingerprint density at radius 2 is 1.71 bits per heavy atom. The van der Waals surface area contributed by atoms with Gasteiger partial charge in [-0.05, 0) is 31.6 Å². The van der Waals surface area contributed by atoms with Crippen molar-refractivity contribution in [1.82, 2.24) is 4.90 Å². The van der Waals surface area contributed by atoms with Crippen LogP contribution in [0.5, 0.6) is 0 Å². The van der Waals surface area contributed by atoms with Crippen LogP contribution in [0, 0.1) is 5.92 Å². The monoisotopic (exact) mass is 298 g/mol. The minimum Gasteiger partial charge on any atom is -0.376 e. The molecule has 2 aliphatic heterocycles. The van der Waals surface area contributed by atoms with Gasteiger partial charge >= 0.3 is 0 Å². The first-order valence-corrected chi connectivity index (χ1v) is 8.39. The number of nitrogens with two attached hydrogens (primary N) is 1. The molecule has 3 unspecified atom stereocenters. The summed E-state index contributed by atoms with van der Waals surface area (Å²) in [4.78, 5) is 14.6. The Balaban J connectivity index is 1.96. The predicted octanol–water partition coefficient (Wildman–Crippen LogP) is 1.55. The van der Waals surface area contributed by atoms with Gasteiger partial charge in [-0.1, -0.05) is 20.3 Å². The van der Waals surface area contributed by atoms with Crippen LogP contribution >= 0.6 is 0 Å². The maximum Gasteiger partial charge on any atom is 0.239 e. The minimum atomic E-state index is -0.419. The molecule has 2 heterocycles. The largest absolute Gasteiger partial charge is 0.376 e.